The first kappa shape index (κ1) is 14.8. The quantitative estimate of drug-likeness (QED) is 0.833. The van der Waals surface area contributed by atoms with E-state index in [1.807, 2.05) is 13.8 Å². The van der Waals surface area contributed by atoms with Gasteiger partial charge in [-0.1, -0.05) is 6.92 Å². The number of nitrogens with zero attached hydrogens (tertiary/aromatic N) is 1. The SMILES string of the molecule is CCCOc1ccc(NC(=O)[C@@](C)(OC)C2CC2)cn1. The Morgan fingerprint density at radius 2 is 2.25 bits per heavy atom. The van der Waals surface area contributed by atoms with E-state index in [-0.39, 0.29) is 5.91 Å². The van der Waals surface area contributed by atoms with Crippen molar-refractivity contribution in [2.24, 2.45) is 5.92 Å². The number of carbonyl (C=O) groups excluding carboxylic acids is 1. The number of ether oxygens (including phenoxy) is 2. The summed E-state index contributed by atoms with van der Waals surface area (Å²) in [7, 11) is 1.58. The smallest absolute Gasteiger partial charge is 0.256 e. The third kappa shape index (κ3) is 3.28. The molecule has 0 saturated heterocycles. The lowest BCUT2D eigenvalue weighted by molar-refractivity contribution is -0.138. The molecule has 0 aliphatic heterocycles. The number of pyridine rings is 1. The van der Waals surface area contributed by atoms with E-state index in [0.29, 0.717) is 24.1 Å². The summed E-state index contributed by atoms with van der Waals surface area (Å²) in [6.07, 6.45) is 4.62. The molecule has 1 heterocycles. The Morgan fingerprint density at radius 3 is 2.75 bits per heavy atom. The molecule has 1 aromatic rings. The van der Waals surface area contributed by atoms with Gasteiger partial charge in [0.1, 0.15) is 5.60 Å². The van der Waals surface area contributed by atoms with Crippen LogP contribution in [0.5, 0.6) is 5.88 Å². The zero-order valence-corrected chi connectivity index (χ0v) is 12.3. The lowest BCUT2D eigenvalue weighted by Gasteiger charge is -2.26. The molecular formula is C15H22N2O3. The predicted molar refractivity (Wildman–Crippen MR) is 76.8 cm³/mol. The number of amides is 1. The van der Waals surface area contributed by atoms with Gasteiger partial charge in [0.25, 0.3) is 5.91 Å². The molecule has 5 heteroatoms. The van der Waals surface area contributed by atoms with Crippen molar-refractivity contribution in [2.45, 2.75) is 38.7 Å². The molecule has 2 rings (SSSR count). The highest BCUT2D eigenvalue weighted by molar-refractivity contribution is 5.97. The van der Waals surface area contributed by atoms with Crippen LogP contribution >= 0.6 is 0 Å². The molecule has 0 aromatic carbocycles. The van der Waals surface area contributed by atoms with Crippen molar-refractivity contribution in [1.29, 1.82) is 0 Å². The normalized spacial score (nSPS) is 17.4. The second-order valence-electron chi connectivity index (χ2n) is 5.27. The van der Waals surface area contributed by atoms with Gasteiger partial charge in [-0.2, -0.15) is 0 Å². The Kier molecular flexibility index (Phi) is 4.60. The molecule has 1 saturated carbocycles. The Hall–Kier alpha value is -1.62. The summed E-state index contributed by atoms with van der Waals surface area (Å²) < 4.78 is 10.8. The average molecular weight is 278 g/mol. The third-order valence-electron chi connectivity index (χ3n) is 3.68. The average Bonchev–Trinajstić information content (AvgIpc) is 3.30. The van der Waals surface area contributed by atoms with Gasteiger partial charge in [0.2, 0.25) is 5.88 Å². The minimum absolute atomic E-state index is 0.119. The van der Waals surface area contributed by atoms with E-state index >= 15 is 0 Å². The predicted octanol–water partition coefficient (Wildman–Crippen LogP) is 2.62. The van der Waals surface area contributed by atoms with Crippen LogP contribution in [-0.4, -0.2) is 30.2 Å². The minimum Gasteiger partial charge on any atom is -0.478 e. The number of hydrogen-bond acceptors (Lipinski definition) is 4. The molecule has 0 spiro atoms. The van der Waals surface area contributed by atoms with Gasteiger partial charge in [0.05, 0.1) is 18.5 Å². The van der Waals surface area contributed by atoms with Crippen LogP contribution in [0.15, 0.2) is 18.3 Å². The number of nitrogens with one attached hydrogen (secondary N) is 1. The van der Waals surface area contributed by atoms with E-state index in [1.54, 1.807) is 25.4 Å². The molecule has 1 N–H and O–H groups in total. The van der Waals surface area contributed by atoms with Crippen LogP contribution in [0.25, 0.3) is 0 Å². The van der Waals surface area contributed by atoms with E-state index < -0.39 is 5.60 Å². The fourth-order valence-electron chi connectivity index (χ4n) is 2.08. The molecule has 1 fully saturated rings. The van der Waals surface area contributed by atoms with E-state index in [4.69, 9.17) is 9.47 Å². The highest BCUT2D eigenvalue weighted by Crippen LogP contribution is 2.42. The molecule has 1 aliphatic rings. The van der Waals surface area contributed by atoms with Crippen molar-refractivity contribution in [3.8, 4) is 5.88 Å². The van der Waals surface area contributed by atoms with Crippen LogP contribution in [0.3, 0.4) is 0 Å². The fourth-order valence-corrected chi connectivity index (χ4v) is 2.08. The summed E-state index contributed by atoms with van der Waals surface area (Å²) in [5.41, 5.74) is -0.0973. The van der Waals surface area contributed by atoms with E-state index in [0.717, 1.165) is 19.3 Å². The number of methoxy groups -OCH3 is 1. The Balaban J connectivity index is 1.97. The summed E-state index contributed by atoms with van der Waals surface area (Å²) in [6.45, 7) is 4.52. The molecule has 20 heavy (non-hydrogen) atoms. The number of rotatable bonds is 7. The topological polar surface area (TPSA) is 60.5 Å². The van der Waals surface area contributed by atoms with Crippen molar-refractivity contribution < 1.29 is 14.3 Å². The summed E-state index contributed by atoms with van der Waals surface area (Å²) in [5.74, 6) is 0.765. The number of hydrogen-bond donors (Lipinski definition) is 1. The molecule has 0 unspecified atom stereocenters. The van der Waals surface area contributed by atoms with Gasteiger partial charge < -0.3 is 14.8 Å². The molecular weight excluding hydrogens is 256 g/mol. The first-order chi connectivity index (χ1) is 9.60. The number of aromatic nitrogens is 1. The number of carbonyl (C=O) groups is 1. The summed E-state index contributed by atoms with van der Waals surface area (Å²) >= 11 is 0. The maximum Gasteiger partial charge on any atom is 0.256 e. The van der Waals surface area contributed by atoms with Crippen LogP contribution in [0, 0.1) is 5.92 Å². The van der Waals surface area contributed by atoms with Gasteiger partial charge in [-0.15, -0.1) is 0 Å². The van der Waals surface area contributed by atoms with Crippen LogP contribution in [-0.2, 0) is 9.53 Å². The zero-order valence-electron chi connectivity index (χ0n) is 12.3. The second-order valence-corrected chi connectivity index (χ2v) is 5.27. The fraction of sp³-hybridized carbons (Fsp3) is 0.600. The van der Waals surface area contributed by atoms with Crippen molar-refractivity contribution in [1.82, 2.24) is 4.98 Å². The molecule has 1 aromatic heterocycles. The first-order valence-corrected chi connectivity index (χ1v) is 7.05. The van der Waals surface area contributed by atoms with Gasteiger partial charge in [-0.05, 0) is 38.2 Å². The van der Waals surface area contributed by atoms with Crippen molar-refractivity contribution in [3.63, 3.8) is 0 Å². The van der Waals surface area contributed by atoms with Gasteiger partial charge in [-0.25, -0.2) is 4.98 Å². The molecule has 0 bridgehead atoms. The maximum absolute atomic E-state index is 12.3. The van der Waals surface area contributed by atoms with Gasteiger partial charge in [0.15, 0.2) is 0 Å². The van der Waals surface area contributed by atoms with Crippen LogP contribution in [0.1, 0.15) is 33.1 Å². The lowest BCUT2D eigenvalue weighted by Crippen LogP contribution is -2.44. The van der Waals surface area contributed by atoms with Gasteiger partial charge >= 0.3 is 0 Å². The van der Waals surface area contributed by atoms with E-state index in [2.05, 4.69) is 10.3 Å². The molecule has 1 atom stereocenters. The van der Waals surface area contributed by atoms with Crippen molar-refractivity contribution in [2.75, 3.05) is 19.0 Å². The highest BCUT2D eigenvalue weighted by Gasteiger charge is 2.47. The monoisotopic (exact) mass is 278 g/mol. The third-order valence-corrected chi connectivity index (χ3v) is 3.68. The van der Waals surface area contributed by atoms with E-state index in [1.165, 1.54) is 0 Å². The number of anilines is 1. The summed E-state index contributed by atoms with van der Waals surface area (Å²) in [4.78, 5) is 16.5. The molecule has 5 nitrogen and oxygen atoms in total. The molecule has 1 aliphatic carbocycles. The Bertz CT molecular complexity index is 457. The largest absolute Gasteiger partial charge is 0.478 e. The lowest BCUT2D eigenvalue weighted by atomic mass is 9.99. The molecule has 1 amide bonds. The first-order valence-electron chi connectivity index (χ1n) is 7.05. The maximum atomic E-state index is 12.3. The van der Waals surface area contributed by atoms with Crippen LogP contribution in [0.2, 0.25) is 0 Å². The zero-order chi connectivity index (χ0) is 14.6. The van der Waals surface area contributed by atoms with Crippen molar-refractivity contribution >= 4 is 11.6 Å². The van der Waals surface area contributed by atoms with E-state index in [9.17, 15) is 4.79 Å². The van der Waals surface area contributed by atoms with Crippen LogP contribution in [0.4, 0.5) is 5.69 Å². The Morgan fingerprint density at radius 1 is 1.50 bits per heavy atom. The minimum atomic E-state index is -0.753. The van der Waals surface area contributed by atoms with Gasteiger partial charge in [0, 0.05) is 13.2 Å². The highest BCUT2D eigenvalue weighted by atomic mass is 16.5. The second kappa shape index (κ2) is 6.22. The Labute approximate surface area is 119 Å². The standard InChI is InChI=1S/C15H22N2O3/c1-4-9-20-13-8-7-12(10-16-13)17-14(18)15(2,19-3)11-5-6-11/h7-8,10-11H,4-6,9H2,1-3H3,(H,17,18)/t15-/m0/s1. The van der Waals surface area contributed by atoms with Crippen molar-refractivity contribution in [3.05, 3.63) is 18.3 Å². The summed E-state index contributed by atoms with van der Waals surface area (Å²) in [6, 6.07) is 3.55. The van der Waals surface area contributed by atoms with Gasteiger partial charge in [-0.3, -0.25) is 4.79 Å². The molecule has 0 radical (unpaired) electrons. The summed E-state index contributed by atoms with van der Waals surface area (Å²) in [5, 5.41) is 2.86. The molecule has 110 valence electrons. The van der Waals surface area contributed by atoms with Crippen LogP contribution < -0.4 is 10.1 Å².